The molecular weight excluding hydrogens is 448 g/mol. The Morgan fingerprint density at radius 1 is 1.33 bits per heavy atom. The number of amides is 1. The van der Waals surface area contributed by atoms with E-state index in [1.807, 2.05) is 13.8 Å². The maximum Gasteiger partial charge on any atom is 0.443 e. The summed E-state index contributed by atoms with van der Waals surface area (Å²) < 4.78 is 36.4. The number of aliphatic hydroxyl groups is 1. The molecule has 1 fully saturated rings. The van der Waals surface area contributed by atoms with Gasteiger partial charge in [0.05, 0.1) is 13.2 Å². The minimum absolute atomic E-state index is 0.0354. The fourth-order valence-corrected chi connectivity index (χ4v) is 5.82. The van der Waals surface area contributed by atoms with Crippen LogP contribution in [0.2, 0.25) is 0 Å². The Bertz CT molecular complexity index is 964. The third kappa shape index (κ3) is 7.15. The molecule has 0 bridgehead atoms. The van der Waals surface area contributed by atoms with Gasteiger partial charge in [0, 0.05) is 13.2 Å². The molecule has 0 saturated carbocycles. The number of benzene rings is 1. The van der Waals surface area contributed by atoms with E-state index < -0.39 is 33.6 Å². The predicted octanol–water partition coefficient (Wildman–Crippen LogP) is 3.85. The number of carbonyl (C=O) groups excluding carboxylic acids is 2. The molecule has 0 aromatic heterocycles. The summed E-state index contributed by atoms with van der Waals surface area (Å²) in [6, 6.07) is 4.30. The topological polar surface area (TPSA) is 115 Å². The smallest absolute Gasteiger partial charge is 0.443 e. The van der Waals surface area contributed by atoms with Crippen molar-refractivity contribution in [3.63, 3.8) is 0 Å². The molecule has 1 aromatic rings. The molecule has 1 aliphatic rings. The normalized spacial score (nSPS) is 19.4. The fourth-order valence-electron chi connectivity index (χ4n) is 3.60. The number of hydrogen-bond donors (Lipinski definition) is 1. The molecule has 1 heterocycles. The summed E-state index contributed by atoms with van der Waals surface area (Å²) in [5, 5.41) is 9.13. The van der Waals surface area contributed by atoms with Gasteiger partial charge in [-0.1, -0.05) is 6.07 Å². The molecule has 186 valence electrons. The minimum Gasteiger partial charge on any atom is -0.489 e. The van der Waals surface area contributed by atoms with Gasteiger partial charge in [-0.15, -0.1) is 4.36 Å². The van der Waals surface area contributed by atoms with Crippen molar-refractivity contribution in [1.82, 2.24) is 4.31 Å². The highest BCUT2D eigenvalue weighted by Crippen LogP contribution is 2.35. The lowest BCUT2D eigenvalue weighted by molar-refractivity contribution is -0.144. The van der Waals surface area contributed by atoms with Gasteiger partial charge in [-0.2, -0.15) is 4.31 Å². The molecule has 1 aliphatic heterocycles. The van der Waals surface area contributed by atoms with Gasteiger partial charge < -0.3 is 19.3 Å². The van der Waals surface area contributed by atoms with E-state index in [9.17, 15) is 13.8 Å². The number of nitrogens with zero attached hydrogens (tertiary/aromatic N) is 2. The molecule has 33 heavy (non-hydrogen) atoms. The van der Waals surface area contributed by atoms with E-state index in [1.165, 1.54) is 11.4 Å². The van der Waals surface area contributed by atoms with E-state index in [2.05, 4.69) is 4.36 Å². The van der Waals surface area contributed by atoms with Crippen molar-refractivity contribution in [3.8, 4) is 5.75 Å². The number of rotatable bonds is 8. The highest BCUT2D eigenvalue weighted by Gasteiger charge is 2.41. The molecule has 1 saturated heterocycles. The number of aliphatic hydroxyl groups excluding tert-OH is 1. The van der Waals surface area contributed by atoms with E-state index in [-0.39, 0.29) is 24.2 Å². The van der Waals surface area contributed by atoms with Gasteiger partial charge in [0.1, 0.15) is 22.3 Å². The number of esters is 1. The van der Waals surface area contributed by atoms with Crippen LogP contribution in [0.1, 0.15) is 58.9 Å². The third-order valence-corrected chi connectivity index (χ3v) is 7.45. The number of hydrogen-bond acceptors (Lipinski definition) is 7. The van der Waals surface area contributed by atoms with Crippen molar-refractivity contribution in [1.29, 1.82) is 0 Å². The van der Waals surface area contributed by atoms with Crippen LogP contribution in [0.4, 0.5) is 4.79 Å². The summed E-state index contributed by atoms with van der Waals surface area (Å²) in [5.74, 6) is -0.223. The number of aryl methyl sites for hydroxylation is 1. The second-order valence-corrected chi connectivity index (χ2v) is 11.2. The van der Waals surface area contributed by atoms with Crippen LogP contribution in [-0.4, -0.2) is 63.7 Å². The van der Waals surface area contributed by atoms with Crippen LogP contribution >= 0.6 is 0 Å². The van der Waals surface area contributed by atoms with Crippen LogP contribution < -0.4 is 4.74 Å². The number of methoxy groups -OCH3 is 1. The maximum absolute atomic E-state index is 14.6. The molecule has 1 aromatic carbocycles. The van der Waals surface area contributed by atoms with Crippen LogP contribution in [0.5, 0.6) is 5.75 Å². The zero-order valence-electron chi connectivity index (χ0n) is 20.3. The highest BCUT2D eigenvalue weighted by atomic mass is 32.2. The molecule has 1 amide bonds. The monoisotopic (exact) mass is 484 g/mol. The Morgan fingerprint density at radius 3 is 2.64 bits per heavy atom. The lowest BCUT2D eigenvalue weighted by Crippen LogP contribution is -2.41. The zero-order valence-corrected chi connectivity index (χ0v) is 21.1. The van der Waals surface area contributed by atoms with Crippen molar-refractivity contribution in [2.24, 2.45) is 4.36 Å². The maximum atomic E-state index is 14.6. The summed E-state index contributed by atoms with van der Waals surface area (Å²) in [7, 11) is -2.35. The van der Waals surface area contributed by atoms with E-state index >= 15 is 0 Å². The minimum atomic E-state index is -3.63. The van der Waals surface area contributed by atoms with Crippen LogP contribution in [0.3, 0.4) is 0 Å². The van der Waals surface area contributed by atoms with Crippen molar-refractivity contribution in [2.45, 2.75) is 82.9 Å². The van der Waals surface area contributed by atoms with E-state index in [4.69, 9.17) is 19.3 Å². The zero-order chi connectivity index (χ0) is 24.8. The lowest BCUT2D eigenvalue weighted by Gasteiger charge is -2.28. The molecule has 3 atom stereocenters. The molecule has 10 heteroatoms. The van der Waals surface area contributed by atoms with E-state index in [1.54, 1.807) is 39.0 Å². The average molecular weight is 485 g/mol. The Labute approximate surface area is 196 Å². The van der Waals surface area contributed by atoms with Gasteiger partial charge >= 0.3 is 12.1 Å². The largest absolute Gasteiger partial charge is 0.489 e. The Hall–Kier alpha value is -2.17. The Balaban J connectivity index is 2.65. The van der Waals surface area contributed by atoms with Gasteiger partial charge in [-0.05, 0) is 78.0 Å². The first kappa shape index (κ1) is 27.1. The van der Waals surface area contributed by atoms with Crippen LogP contribution in [0.15, 0.2) is 27.5 Å². The van der Waals surface area contributed by atoms with Gasteiger partial charge in [0.2, 0.25) is 0 Å². The number of ether oxygens (including phenoxy) is 3. The summed E-state index contributed by atoms with van der Waals surface area (Å²) in [6.45, 7) is 9.12. The third-order valence-electron chi connectivity index (χ3n) is 5.07. The molecule has 2 rings (SSSR count). The van der Waals surface area contributed by atoms with Gasteiger partial charge in [0.15, 0.2) is 9.92 Å². The van der Waals surface area contributed by atoms with Crippen molar-refractivity contribution < 1.29 is 33.1 Å². The second-order valence-electron chi connectivity index (χ2n) is 9.13. The van der Waals surface area contributed by atoms with E-state index in [0.717, 1.165) is 5.56 Å². The first-order valence-corrected chi connectivity index (χ1v) is 12.6. The van der Waals surface area contributed by atoms with Gasteiger partial charge in [-0.25, -0.2) is 9.00 Å². The molecule has 0 radical (unpaired) electrons. The summed E-state index contributed by atoms with van der Waals surface area (Å²) >= 11 is 0. The van der Waals surface area contributed by atoms with Crippen molar-refractivity contribution >= 4 is 22.0 Å². The number of carbonyl (C=O) groups is 2. The van der Waals surface area contributed by atoms with Crippen molar-refractivity contribution in [3.05, 3.63) is 23.8 Å². The summed E-state index contributed by atoms with van der Waals surface area (Å²) in [5.41, 5.74) is 0.0344. The summed E-state index contributed by atoms with van der Waals surface area (Å²) in [6.07, 6.45) is 0.901. The van der Waals surface area contributed by atoms with Crippen LogP contribution in [0, 0.1) is 6.92 Å². The van der Waals surface area contributed by atoms with Crippen LogP contribution in [0.25, 0.3) is 0 Å². The SMILES string of the molecule is COC(=O)[C@@H]1CCCN1[S@@](=O)(=NC(=O)OC(C)(C)C)c1ccc(C)cc1O[C@H](C)CCCO. The Kier molecular flexibility index (Phi) is 9.28. The average Bonchev–Trinajstić information content (AvgIpc) is 3.20. The lowest BCUT2D eigenvalue weighted by atomic mass is 10.2. The fraction of sp³-hybridized carbons (Fsp3) is 0.652. The standard InChI is InChI=1S/C23H36N2O7S/c1-16-11-12-20(19(15-16)31-17(2)9-8-14-26)33(29,24-22(28)32-23(3,4)5)25-13-7-10-18(25)21(27)30-6/h11-12,15,17-18,26H,7-10,13-14H2,1-6H3/t17-,18+,33+/m1/s1. The molecular formula is C23H36N2O7S. The molecule has 9 nitrogen and oxygen atoms in total. The van der Waals surface area contributed by atoms with Crippen LogP contribution in [-0.2, 0) is 24.2 Å². The Morgan fingerprint density at radius 2 is 2.03 bits per heavy atom. The molecule has 0 aliphatic carbocycles. The predicted molar refractivity (Wildman–Crippen MR) is 124 cm³/mol. The molecule has 0 spiro atoms. The van der Waals surface area contributed by atoms with E-state index in [0.29, 0.717) is 31.4 Å². The first-order valence-electron chi connectivity index (χ1n) is 11.1. The molecule has 0 unspecified atom stereocenters. The molecule has 1 N–H and O–H groups in total. The van der Waals surface area contributed by atoms with Gasteiger partial charge in [-0.3, -0.25) is 4.79 Å². The second kappa shape index (κ2) is 11.3. The first-order chi connectivity index (χ1) is 15.4. The quantitative estimate of drug-likeness (QED) is 0.557. The van der Waals surface area contributed by atoms with Gasteiger partial charge in [0.25, 0.3) is 0 Å². The summed E-state index contributed by atoms with van der Waals surface area (Å²) in [4.78, 5) is 25.4. The highest BCUT2D eigenvalue weighted by molar-refractivity contribution is 7.91. The van der Waals surface area contributed by atoms with Crippen molar-refractivity contribution in [2.75, 3.05) is 20.3 Å².